The van der Waals surface area contributed by atoms with Gasteiger partial charge in [-0.1, -0.05) is 66.2 Å². The second-order valence-electron chi connectivity index (χ2n) is 9.80. The maximum atomic E-state index is 14.0. The van der Waals surface area contributed by atoms with Gasteiger partial charge in [0.1, 0.15) is 12.6 Å². The third-order valence-corrected chi connectivity index (χ3v) is 7.65. The largest absolute Gasteiger partial charge is 0.416 e. The van der Waals surface area contributed by atoms with Crippen LogP contribution >= 0.6 is 11.6 Å². The van der Waals surface area contributed by atoms with E-state index in [-0.39, 0.29) is 24.7 Å². The molecule has 0 saturated heterocycles. The standard InChI is InChI=1S/C29H31ClF3N3O4S/c1-20(2)34-28(38)26(16-21-10-5-4-6-11-21)35(18-22-12-7-8-15-25(22)30)27(37)19-36(41(3,39)40)24-14-9-13-23(17-24)29(31,32)33/h4-15,17,20,26H,16,18-19H2,1-3H3,(H,34,38)/t26-/m0/s1. The molecule has 0 radical (unpaired) electrons. The van der Waals surface area contributed by atoms with Crippen LogP contribution in [0.1, 0.15) is 30.5 Å². The van der Waals surface area contributed by atoms with Gasteiger partial charge in [-0.25, -0.2) is 8.42 Å². The number of carbonyl (C=O) groups excluding carboxylic acids is 2. The molecule has 0 aliphatic rings. The van der Waals surface area contributed by atoms with E-state index in [2.05, 4.69) is 5.32 Å². The summed E-state index contributed by atoms with van der Waals surface area (Å²) in [6, 6.07) is 18.0. The lowest BCUT2D eigenvalue weighted by molar-refractivity contribution is -0.140. The maximum Gasteiger partial charge on any atom is 0.416 e. The smallest absolute Gasteiger partial charge is 0.352 e. The third kappa shape index (κ3) is 8.96. The molecule has 7 nitrogen and oxygen atoms in total. The summed E-state index contributed by atoms with van der Waals surface area (Å²) >= 11 is 6.38. The molecule has 0 bridgehead atoms. The van der Waals surface area contributed by atoms with E-state index < -0.39 is 46.2 Å². The van der Waals surface area contributed by atoms with Crippen LogP contribution < -0.4 is 9.62 Å². The molecule has 0 aliphatic carbocycles. The van der Waals surface area contributed by atoms with Crippen molar-refractivity contribution in [3.8, 4) is 0 Å². The number of halogens is 4. The van der Waals surface area contributed by atoms with Crippen molar-refractivity contribution in [3.63, 3.8) is 0 Å². The van der Waals surface area contributed by atoms with E-state index in [1.54, 1.807) is 68.4 Å². The highest BCUT2D eigenvalue weighted by Crippen LogP contribution is 2.32. The van der Waals surface area contributed by atoms with Crippen LogP contribution in [0.15, 0.2) is 78.9 Å². The molecule has 41 heavy (non-hydrogen) atoms. The summed E-state index contributed by atoms with van der Waals surface area (Å²) in [5, 5.41) is 3.14. The number of sulfonamides is 1. The highest BCUT2D eigenvalue weighted by molar-refractivity contribution is 7.92. The number of hydrogen-bond acceptors (Lipinski definition) is 4. The Morgan fingerprint density at radius 1 is 0.951 bits per heavy atom. The van der Waals surface area contributed by atoms with Crippen molar-refractivity contribution in [2.75, 3.05) is 17.1 Å². The molecule has 12 heteroatoms. The SMILES string of the molecule is CC(C)NC(=O)[C@H](Cc1ccccc1)N(Cc1ccccc1Cl)C(=O)CN(c1cccc(C(F)(F)F)c1)S(C)(=O)=O. The minimum atomic E-state index is -4.73. The summed E-state index contributed by atoms with van der Waals surface area (Å²) in [5.41, 5.74) is -0.156. The van der Waals surface area contributed by atoms with Gasteiger partial charge in [0.15, 0.2) is 0 Å². The number of amides is 2. The van der Waals surface area contributed by atoms with Gasteiger partial charge < -0.3 is 10.2 Å². The average molecular weight is 610 g/mol. The molecule has 3 aromatic rings. The summed E-state index contributed by atoms with van der Waals surface area (Å²) in [5.74, 6) is -1.28. The van der Waals surface area contributed by atoms with Crippen LogP contribution in [0, 0.1) is 0 Å². The van der Waals surface area contributed by atoms with Crippen molar-refractivity contribution >= 4 is 39.1 Å². The van der Waals surface area contributed by atoms with Crippen LogP contribution in [0.5, 0.6) is 0 Å². The van der Waals surface area contributed by atoms with E-state index in [1.165, 1.54) is 11.0 Å². The van der Waals surface area contributed by atoms with E-state index in [1.807, 2.05) is 0 Å². The van der Waals surface area contributed by atoms with Gasteiger partial charge in [-0.15, -0.1) is 0 Å². The van der Waals surface area contributed by atoms with Crippen molar-refractivity contribution in [1.29, 1.82) is 0 Å². The van der Waals surface area contributed by atoms with E-state index >= 15 is 0 Å². The van der Waals surface area contributed by atoms with Crippen molar-refractivity contribution < 1.29 is 31.2 Å². The first kappa shape index (κ1) is 32.0. The van der Waals surface area contributed by atoms with Gasteiger partial charge in [-0.05, 0) is 49.2 Å². The van der Waals surface area contributed by atoms with Crippen LogP contribution in [-0.2, 0) is 38.8 Å². The molecule has 0 unspecified atom stereocenters. The van der Waals surface area contributed by atoms with Crippen LogP contribution in [0.25, 0.3) is 0 Å². The Labute approximate surface area is 243 Å². The lowest BCUT2D eigenvalue weighted by Crippen LogP contribution is -2.54. The highest BCUT2D eigenvalue weighted by atomic mass is 35.5. The summed E-state index contributed by atoms with van der Waals surface area (Å²) < 4.78 is 66.4. The normalized spacial score (nSPS) is 12.6. The van der Waals surface area contributed by atoms with E-state index in [0.29, 0.717) is 21.0 Å². The molecule has 0 fully saturated rings. The molecule has 2 amide bonds. The van der Waals surface area contributed by atoms with Crippen molar-refractivity contribution in [3.05, 3.63) is 101 Å². The number of nitrogens with one attached hydrogen (secondary N) is 1. The topological polar surface area (TPSA) is 86.8 Å². The quantitative estimate of drug-likeness (QED) is 0.320. The van der Waals surface area contributed by atoms with Crippen molar-refractivity contribution in [2.45, 2.75) is 45.1 Å². The Hall–Kier alpha value is -3.57. The number of rotatable bonds is 11. The molecule has 1 atom stereocenters. The number of alkyl halides is 3. The first-order valence-corrected chi connectivity index (χ1v) is 14.9. The van der Waals surface area contributed by atoms with Crippen LogP contribution in [0.3, 0.4) is 0 Å². The van der Waals surface area contributed by atoms with Gasteiger partial charge in [0.25, 0.3) is 0 Å². The van der Waals surface area contributed by atoms with E-state index in [9.17, 15) is 31.2 Å². The second kappa shape index (κ2) is 13.4. The third-order valence-electron chi connectivity index (χ3n) is 6.14. The molecule has 3 rings (SSSR count). The fraction of sp³-hybridized carbons (Fsp3) is 0.310. The van der Waals surface area contributed by atoms with Gasteiger partial charge >= 0.3 is 6.18 Å². The fourth-order valence-corrected chi connectivity index (χ4v) is 5.23. The zero-order chi connectivity index (χ0) is 30.4. The lowest BCUT2D eigenvalue weighted by Gasteiger charge is -2.34. The summed E-state index contributed by atoms with van der Waals surface area (Å²) in [4.78, 5) is 28.7. The Morgan fingerprint density at radius 3 is 2.17 bits per heavy atom. The molecule has 0 aliphatic heterocycles. The predicted molar refractivity (Wildman–Crippen MR) is 153 cm³/mol. The van der Waals surface area contributed by atoms with E-state index in [4.69, 9.17) is 11.6 Å². The van der Waals surface area contributed by atoms with Crippen molar-refractivity contribution in [2.24, 2.45) is 0 Å². The molecule has 0 spiro atoms. The minimum Gasteiger partial charge on any atom is -0.352 e. The molecular weight excluding hydrogens is 579 g/mol. The number of benzene rings is 3. The lowest BCUT2D eigenvalue weighted by atomic mass is 10.0. The van der Waals surface area contributed by atoms with Crippen LogP contribution in [-0.4, -0.2) is 50.0 Å². The number of hydrogen-bond donors (Lipinski definition) is 1. The Morgan fingerprint density at radius 2 is 1.59 bits per heavy atom. The summed E-state index contributed by atoms with van der Waals surface area (Å²) in [6.45, 7) is 2.53. The zero-order valence-electron chi connectivity index (χ0n) is 22.7. The maximum absolute atomic E-state index is 14.0. The van der Waals surface area contributed by atoms with Gasteiger partial charge in [-0.2, -0.15) is 13.2 Å². The fourth-order valence-electron chi connectivity index (χ4n) is 4.20. The molecular formula is C29H31ClF3N3O4S. The number of anilines is 1. The molecule has 0 saturated carbocycles. The number of nitrogens with zero attached hydrogens (tertiary/aromatic N) is 2. The predicted octanol–water partition coefficient (Wildman–Crippen LogP) is 5.29. The Balaban J connectivity index is 2.09. The monoisotopic (exact) mass is 609 g/mol. The number of carbonyl (C=O) groups is 2. The van der Waals surface area contributed by atoms with E-state index in [0.717, 1.165) is 24.0 Å². The second-order valence-corrected chi connectivity index (χ2v) is 12.1. The molecule has 1 N–H and O–H groups in total. The summed E-state index contributed by atoms with van der Waals surface area (Å²) in [7, 11) is -4.22. The van der Waals surface area contributed by atoms with Crippen molar-refractivity contribution in [1.82, 2.24) is 10.2 Å². The highest BCUT2D eigenvalue weighted by Gasteiger charge is 2.35. The van der Waals surface area contributed by atoms with Crippen LogP contribution in [0.4, 0.5) is 18.9 Å². The molecule has 3 aromatic carbocycles. The first-order chi connectivity index (χ1) is 19.2. The minimum absolute atomic E-state index is 0.0953. The summed E-state index contributed by atoms with van der Waals surface area (Å²) in [6.07, 6.45) is -3.83. The first-order valence-electron chi connectivity index (χ1n) is 12.7. The van der Waals surface area contributed by atoms with Gasteiger partial charge in [-0.3, -0.25) is 13.9 Å². The Bertz CT molecular complexity index is 1470. The van der Waals surface area contributed by atoms with Gasteiger partial charge in [0.05, 0.1) is 17.5 Å². The molecule has 0 heterocycles. The average Bonchev–Trinajstić information content (AvgIpc) is 2.89. The zero-order valence-corrected chi connectivity index (χ0v) is 24.3. The van der Waals surface area contributed by atoms with Gasteiger partial charge in [0, 0.05) is 24.0 Å². The Kier molecular flexibility index (Phi) is 10.4. The molecule has 220 valence electrons. The molecule has 0 aromatic heterocycles. The van der Waals surface area contributed by atoms with Gasteiger partial charge in [0.2, 0.25) is 21.8 Å². The van der Waals surface area contributed by atoms with Crippen LogP contribution in [0.2, 0.25) is 5.02 Å².